The summed E-state index contributed by atoms with van der Waals surface area (Å²) in [7, 11) is 1.56. The molecule has 0 spiro atoms. The van der Waals surface area contributed by atoms with Gasteiger partial charge in [-0.1, -0.05) is 18.6 Å². The number of anilines is 1. The van der Waals surface area contributed by atoms with E-state index in [-0.39, 0.29) is 24.3 Å². The highest BCUT2D eigenvalue weighted by Gasteiger charge is 2.50. The third kappa shape index (κ3) is 5.74. The summed E-state index contributed by atoms with van der Waals surface area (Å²) in [6, 6.07) is 7.55. The molecule has 1 N–H and O–H groups in total. The largest absolute Gasteiger partial charge is 0.481 e. The first-order valence-corrected chi connectivity index (χ1v) is 12.6. The predicted octanol–water partition coefficient (Wildman–Crippen LogP) is 4.10. The number of likely N-dealkylation sites (tertiary alicyclic amines) is 1. The molecule has 1 unspecified atom stereocenters. The van der Waals surface area contributed by atoms with Crippen LogP contribution >= 0.6 is 0 Å². The molecule has 0 aliphatic carbocycles. The maximum atomic E-state index is 13.3. The fraction of sp³-hybridized carbons (Fsp3) is 0.556. The number of unbranched alkanes of at least 4 members (excludes halogenated alkanes) is 1. The van der Waals surface area contributed by atoms with E-state index in [1.54, 1.807) is 31.2 Å². The van der Waals surface area contributed by atoms with Gasteiger partial charge in [0.1, 0.15) is 5.82 Å². The van der Waals surface area contributed by atoms with Crippen LogP contribution in [0.4, 0.5) is 5.82 Å². The molecule has 1 fully saturated rings. The standard InChI is InChI=1S/C27H36N4O4/c1-4-35-24(32)16-22(20-11-13-23(34-3)29-17-20)31-18-27(2,26(31)33)14-6-5-9-21-12-10-19-8-7-15-28-25(19)30-21/h10-13,17,22H,4-9,14-16,18H2,1-3H3,(H,28,30)/t22-,27?/m0/s1. The molecule has 1 saturated heterocycles. The monoisotopic (exact) mass is 480 g/mol. The van der Waals surface area contributed by atoms with Crippen molar-refractivity contribution in [2.75, 3.05) is 32.1 Å². The minimum Gasteiger partial charge on any atom is -0.481 e. The molecule has 2 aromatic rings. The number of β-lactam (4-membered cyclic amide) rings is 1. The number of hydrogen-bond acceptors (Lipinski definition) is 7. The number of carbonyl (C=O) groups is 2. The number of carbonyl (C=O) groups excluding carboxylic acids is 2. The van der Waals surface area contributed by atoms with Gasteiger partial charge in [0.25, 0.3) is 0 Å². The van der Waals surface area contributed by atoms with Gasteiger partial charge in [0, 0.05) is 31.0 Å². The van der Waals surface area contributed by atoms with Crippen molar-refractivity contribution in [2.45, 2.75) is 64.8 Å². The van der Waals surface area contributed by atoms with Gasteiger partial charge in [0.05, 0.1) is 31.6 Å². The number of nitrogens with one attached hydrogen (secondary N) is 1. The third-order valence-corrected chi connectivity index (χ3v) is 7.05. The van der Waals surface area contributed by atoms with Crippen LogP contribution in [0.1, 0.15) is 68.8 Å². The van der Waals surface area contributed by atoms with Gasteiger partial charge in [0.2, 0.25) is 11.8 Å². The van der Waals surface area contributed by atoms with Crippen LogP contribution in [-0.4, -0.2) is 53.6 Å². The molecule has 8 heteroatoms. The van der Waals surface area contributed by atoms with Gasteiger partial charge >= 0.3 is 5.97 Å². The normalized spacial score (nSPS) is 19.9. The Labute approximate surface area is 207 Å². The van der Waals surface area contributed by atoms with Crippen LogP contribution in [0.25, 0.3) is 0 Å². The zero-order valence-corrected chi connectivity index (χ0v) is 21.0. The Morgan fingerprint density at radius 2 is 2.11 bits per heavy atom. The van der Waals surface area contributed by atoms with Crippen molar-refractivity contribution < 1.29 is 19.1 Å². The van der Waals surface area contributed by atoms with E-state index in [0.29, 0.717) is 19.0 Å². The summed E-state index contributed by atoms with van der Waals surface area (Å²) in [5, 5.41) is 3.39. The second-order valence-corrected chi connectivity index (χ2v) is 9.70. The van der Waals surface area contributed by atoms with Gasteiger partial charge < -0.3 is 19.7 Å². The summed E-state index contributed by atoms with van der Waals surface area (Å²) in [5.74, 6) is 1.29. The number of methoxy groups -OCH3 is 1. The lowest BCUT2D eigenvalue weighted by Crippen LogP contribution is -2.61. The molecule has 0 radical (unpaired) electrons. The Morgan fingerprint density at radius 3 is 2.83 bits per heavy atom. The molecule has 8 nitrogen and oxygen atoms in total. The number of esters is 1. The van der Waals surface area contributed by atoms with Crippen molar-refractivity contribution >= 4 is 17.7 Å². The number of aryl methyl sites for hydroxylation is 2. The molecule has 2 aromatic heterocycles. The lowest BCUT2D eigenvalue weighted by Gasteiger charge is -2.50. The quantitative estimate of drug-likeness (QED) is 0.294. The zero-order chi connectivity index (χ0) is 24.8. The van der Waals surface area contributed by atoms with E-state index in [4.69, 9.17) is 14.5 Å². The molecule has 2 aliphatic heterocycles. The molecular weight excluding hydrogens is 444 g/mol. The van der Waals surface area contributed by atoms with Crippen LogP contribution in [0.5, 0.6) is 5.88 Å². The fourth-order valence-corrected chi connectivity index (χ4v) is 5.03. The van der Waals surface area contributed by atoms with Gasteiger partial charge in [-0.05, 0) is 63.1 Å². The summed E-state index contributed by atoms with van der Waals surface area (Å²) in [6.07, 6.45) is 7.71. The minimum absolute atomic E-state index is 0.0822. The smallest absolute Gasteiger partial charge is 0.308 e. The van der Waals surface area contributed by atoms with Gasteiger partial charge in [-0.15, -0.1) is 0 Å². The predicted molar refractivity (Wildman–Crippen MR) is 133 cm³/mol. The second kappa shape index (κ2) is 11.1. The van der Waals surface area contributed by atoms with Crippen molar-refractivity contribution in [1.82, 2.24) is 14.9 Å². The van der Waals surface area contributed by atoms with Crippen LogP contribution in [-0.2, 0) is 27.2 Å². The summed E-state index contributed by atoms with van der Waals surface area (Å²) in [5.41, 5.74) is 2.81. The molecule has 2 atom stereocenters. The first-order valence-electron chi connectivity index (χ1n) is 12.6. The molecule has 0 bridgehead atoms. The lowest BCUT2D eigenvalue weighted by molar-refractivity contribution is -0.166. The highest BCUT2D eigenvalue weighted by Crippen LogP contribution is 2.43. The van der Waals surface area contributed by atoms with Gasteiger partial charge in [0.15, 0.2) is 0 Å². The Balaban J connectivity index is 1.33. The number of fused-ring (bicyclic) bond motifs is 1. The van der Waals surface area contributed by atoms with Crippen molar-refractivity contribution in [1.29, 1.82) is 0 Å². The van der Waals surface area contributed by atoms with E-state index in [2.05, 4.69) is 22.4 Å². The second-order valence-electron chi connectivity index (χ2n) is 9.70. The van der Waals surface area contributed by atoms with Crippen molar-refractivity contribution in [3.05, 3.63) is 47.3 Å². The number of aromatic nitrogens is 2. The summed E-state index contributed by atoms with van der Waals surface area (Å²) in [6.45, 7) is 5.73. The van der Waals surface area contributed by atoms with E-state index >= 15 is 0 Å². The highest BCUT2D eigenvalue weighted by atomic mass is 16.5. The van der Waals surface area contributed by atoms with Crippen molar-refractivity contribution in [3.63, 3.8) is 0 Å². The number of ether oxygens (including phenoxy) is 2. The molecule has 4 heterocycles. The highest BCUT2D eigenvalue weighted by molar-refractivity contribution is 5.89. The molecule has 35 heavy (non-hydrogen) atoms. The molecule has 0 saturated carbocycles. The summed E-state index contributed by atoms with van der Waals surface area (Å²) >= 11 is 0. The van der Waals surface area contributed by atoms with Crippen LogP contribution in [0.3, 0.4) is 0 Å². The minimum atomic E-state index is -0.405. The molecular formula is C27H36N4O4. The molecule has 2 aliphatic rings. The number of rotatable bonds is 11. The molecule has 1 amide bonds. The Morgan fingerprint density at radius 1 is 1.26 bits per heavy atom. The zero-order valence-electron chi connectivity index (χ0n) is 21.0. The summed E-state index contributed by atoms with van der Waals surface area (Å²) in [4.78, 5) is 36.4. The van der Waals surface area contributed by atoms with Crippen LogP contribution in [0.2, 0.25) is 0 Å². The molecule has 0 aromatic carbocycles. The number of pyridine rings is 2. The van der Waals surface area contributed by atoms with Crippen LogP contribution in [0, 0.1) is 5.41 Å². The Kier molecular flexibility index (Phi) is 7.88. The average Bonchev–Trinajstić information content (AvgIpc) is 2.88. The number of amides is 1. The lowest BCUT2D eigenvalue weighted by atomic mass is 9.74. The maximum absolute atomic E-state index is 13.3. The van der Waals surface area contributed by atoms with E-state index in [0.717, 1.165) is 62.1 Å². The first kappa shape index (κ1) is 24.9. The van der Waals surface area contributed by atoms with Gasteiger partial charge in [-0.2, -0.15) is 0 Å². The Bertz CT molecular complexity index is 1040. The molecule has 4 rings (SSSR count). The van der Waals surface area contributed by atoms with Crippen molar-refractivity contribution in [3.8, 4) is 5.88 Å². The van der Waals surface area contributed by atoms with Gasteiger partial charge in [-0.25, -0.2) is 9.97 Å². The van der Waals surface area contributed by atoms with E-state index < -0.39 is 5.41 Å². The Hall–Kier alpha value is -3.16. The van der Waals surface area contributed by atoms with Crippen LogP contribution < -0.4 is 10.1 Å². The van der Waals surface area contributed by atoms with E-state index in [1.807, 2.05) is 13.0 Å². The van der Waals surface area contributed by atoms with Crippen molar-refractivity contribution in [2.24, 2.45) is 5.41 Å². The number of nitrogens with zero attached hydrogens (tertiary/aromatic N) is 3. The molecule has 188 valence electrons. The maximum Gasteiger partial charge on any atom is 0.308 e. The number of hydrogen-bond donors (Lipinski definition) is 1. The van der Waals surface area contributed by atoms with E-state index in [1.165, 1.54) is 5.56 Å². The SMILES string of the molecule is CCOC(=O)C[C@@H](c1ccc(OC)nc1)N1CC(C)(CCCCc2ccc3c(n2)NCCC3)C1=O. The first-order chi connectivity index (χ1) is 16.9. The summed E-state index contributed by atoms with van der Waals surface area (Å²) < 4.78 is 10.3. The third-order valence-electron chi connectivity index (χ3n) is 7.05. The van der Waals surface area contributed by atoms with E-state index in [9.17, 15) is 9.59 Å². The van der Waals surface area contributed by atoms with Gasteiger partial charge in [-0.3, -0.25) is 9.59 Å². The fourth-order valence-electron chi connectivity index (χ4n) is 5.03. The average molecular weight is 481 g/mol. The van der Waals surface area contributed by atoms with Crippen LogP contribution in [0.15, 0.2) is 30.5 Å². The topological polar surface area (TPSA) is 93.7 Å².